The van der Waals surface area contributed by atoms with Gasteiger partial charge in [0.2, 0.25) is 0 Å². The molecular weight excluding hydrogens is 306 g/mol. The van der Waals surface area contributed by atoms with Crippen molar-refractivity contribution in [1.29, 1.82) is 5.26 Å². The van der Waals surface area contributed by atoms with Crippen LogP contribution in [0.2, 0.25) is 0 Å². The maximum atomic E-state index is 9.18. The van der Waals surface area contributed by atoms with E-state index < -0.39 is 0 Å². The van der Waals surface area contributed by atoms with Crippen LogP contribution in [0, 0.1) is 11.3 Å². The zero-order chi connectivity index (χ0) is 13.8. The minimum absolute atomic E-state index is 0.0278. The van der Waals surface area contributed by atoms with Crippen LogP contribution in [-0.2, 0) is 0 Å². The predicted octanol–water partition coefficient (Wildman–Crippen LogP) is 3.56. The summed E-state index contributed by atoms with van der Waals surface area (Å²) < 4.78 is 6.29. The van der Waals surface area contributed by atoms with Gasteiger partial charge in [-0.2, -0.15) is 5.26 Å². The molecule has 0 atom stereocenters. The highest BCUT2D eigenvalue weighted by molar-refractivity contribution is 9.10. The molecule has 0 aliphatic rings. The second-order valence-corrected chi connectivity index (χ2v) is 5.00. The average molecular weight is 318 g/mol. The van der Waals surface area contributed by atoms with Crippen LogP contribution in [-0.4, -0.2) is 16.1 Å². The molecule has 0 unspecified atom stereocenters. The fraction of sp³-hybridized carbons (Fsp3) is 0.214. The van der Waals surface area contributed by atoms with Crippen LogP contribution in [0.5, 0.6) is 5.75 Å². The number of nitriles is 1. The van der Waals surface area contributed by atoms with Crippen molar-refractivity contribution in [1.82, 2.24) is 9.97 Å². The molecule has 0 fully saturated rings. The number of hydrogen-bond donors (Lipinski definition) is 0. The third kappa shape index (κ3) is 3.30. The van der Waals surface area contributed by atoms with Gasteiger partial charge in [-0.3, -0.25) is 0 Å². The van der Waals surface area contributed by atoms with E-state index in [2.05, 4.69) is 32.0 Å². The quantitative estimate of drug-likeness (QED) is 0.812. The molecule has 0 saturated carbocycles. The Hall–Kier alpha value is -1.93. The molecule has 1 aromatic carbocycles. The van der Waals surface area contributed by atoms with Crippen LogP contribution in [0.25, 0.3) is 11.4 Å². The number of ether oxygens (including phenoxy) is 1. The highest BCUT2D eigenvalue weighted by Crippen LogP contribution is 2.25. The van der Waals surface area contributed by atoms with Crippen LogP contribution in [0.1, 0.15) is 19.4 Å². The van der Waals surface area contributed by atoms with Crippen molar-refractivity contribution in [3.63, 3.8) is 0 Å². The highest BCUT2D eigenvalue weighted by Gasteiger charge is 2.09. The van der Waals surface area contributed by atoms with E-state index in [-0.39, 0.29) is 6.10 Å². The zero-order valence-corrected chi connectivity index (χ0v) is 12.2. The first-order valence-electron chi connectivity index (χ1n) is 5.80. The van der Waals surface area contributed by atoms with Crippen LogP contribution in [0.4, 0.5) is 0 Å². The van der Waals surface area contributed by atoms with Crippen molar-refractivity contribution >= 4 is 15.9 Å². The van der Waals surface area contributed by atoms with E-state index in [0.29, 0.717) is 21.7 Å². The number of benzene rings is 1. The molecule has 0 aliphatic carbocycles. The standard InChI is InChI=1S/C14H12BrN3O/c1-9(2)19-12-4-3-10(7-11(12)8-16)14-17-6-5-13(15)18-14/h3-7,9H,1-2H3. The van der Waals surface area contributed by atoms with Gasteiger partial charge in [0.1, 0.15) is 16.4 Å². The van der Waals surface area contributed by atoms with E-state index in [9.17, 15) is 5.26 Å². The Labute approximate surface area is 120 Å². The number of hydrogen-bond acceptors (Lipinski definition) is 4. The summed E-state index contributed by atoms with van der Waals surface area (Å²) in [5.41, 5.74) is 1.27. The SMILES string of the molecule is CC(C)Oc1ccc(-c2nccc(Br)n2)cc1C#N. The maximum Gasteiger partial charge on any atom is 0.160 e. The molecule has 0 spiro atoms. The van der Waals surface area contributed by atoms with Crippen LogP contribution >= 0.6 is 15.9 Å². The molecule has 0 amide bonds. The first-order valence-corrected chi connectivity index (χ1v) is 6.59. The second kappa shape index (κ2) is 5.81. The fourth-order valence-electron chi connectivity index (χ4n) is 1.59. The molecule has 5 heteroatoms. The highest BCUT2D eigenvalue weighted by atomic mass is 79.9. The molecular formula is C14H12BrN3O. The van der Waals surface area contributed by atoms with Crippen molar-refractivity contribution in [3.05, 3.63) is 40.6 Å². The van der Waals surface area contributed by atoms with Gasteiger partial charge in [0.15, 0.2) is 5.82 Å². The van der Waals surface area contributed by atoms with Gasteiger partial charge in [0.05, 0.1) is 11.7 Å². The third-order valence-electron chi connectivity index (χ3n) is 2.34. The fourth-order valence-corrected chi connectivity index (χ4v) is 1.88. The normalized spacial score (nSPS) is 10.3. The van der Waals surface area contributed by atoms with Gasteiger partial charge >= 0.3 is 0 Å². The number of halogens is 1. The van der Waals surface area contributed by atoms with Crippen molar-refractivity contribution in [2.24, 2.45) is 0 Å². The van der Waals surface area contributed by atoms with Crippen molar-refractivity contribution in [2.75, 3.05) is 0 Å². The average Bonchev–Trinajstić information content (AvgIpc) is 2.38. The lowest BCUT2D eigenvalue weighted by molar-refractivity contribution is 0.242. The summed E-state index contributed by atoms with van der Waals surface area (Å²) in [4.78, 5) is 8.45. The molecule has 1 aromatic heterocycles. The van der Waals surface area contributed by atoms with Crippen LogP contribution < -0.4 is 4.74 Å². The van der Waals surface area contributed by atoms with Crippen LogP contribution in [0.3, 0.4) is 0 Å². The first-order chi connectivity index (χ1) is 9.10. The number of rotatable bonds is 3. The lowest BCUT2D eigenvalue weighted by Crippen LogP contribution is -2.06. The molecule has 2 aromatic rings. The van der Waals surface area contributed by atoms with Gasteiger partial charge in [-0.1, -0.05) is 0 Å². The van der Waals surface area contributed by atoms with Gasteiger partial charge in [-0.15, -0.1) is 0 Å². The Bertz CT molecular complexity index is 635. The van der Waals surface area contributed by atoms with Crippen molar-refractivity contribution in [2.45, 2.75) is 20.0 Å². The lowest BCUT2D eigenvalue weighted by atomic mass is 10.1. The molecule has 0 bridgehead atoms. The predicted molar refractivity (Wildman–Crippen MR) is 75.6 cm³/mol. The smallest absolute Gasteiger partial charge is 0.160 e. The van der Waals surface area contributed by atoms with Gasteiger partial charge in [-0.25, -0.2) is 9.97 Å². The first kappa shape index (κ1) is 13.5. The molecule has 96 valence electrons. The Morgan fingerprint density at radius 3 is 2.74 bits per heavy atom. The van der Waals surface area contributed by atoms with Crippen LogP contribution in [0.15, 0.2) is 35.1 Å². The Balaban J connectivity index is 2.42. The minimum Gasteiger partial charge on any atom is -0.490 e. The van der Waals surface area contributed by atoms with Gasteiger partial charge < -0.3 is 4.74 Å². The summed E-state index contributed by atoms with van der Waals surface area (Å²) >= 11 is 3.30. The van der Waals surface area contributed by atoms with E-state index in [1.165, 1.54) is 0 Å². The maximum absolute atomic E-state index is 9.18. The molecule has 19 heavy (non-hydrogen) atoms. The summed E-state index contributed by atoms with van der Waals surface area (Å²) in [6.45, 7) is 3.85. The zero-order valence-electron chi connectivity index (χ0n) is 10.6. The number of nitrogens with zero attached hydrogens (tertiary/aromatic N) is 3. The Morgan fingerprint density at radius 1 is 1.32 bits per heavy atom. The summed E-state index contributed by atoms with van der Waals surface area (Å²) in [7, 11) is 0. The largest absolute Gasteiger partial charge is 0.490 e. The van der Waals surface area contributed by atoms with Crippen molar-refractivity contribution in [3.8, 4) is 23.2 Å². The summed E-state index contributed by atoms with van der Waals surface area (Å²) in [5, 5.41) is 9.18. The second-order valence-electron chi connectivity index (χ2n) is 4.19. The molecule has 4 nitrogen and oxygen atoms in total. The molecule has 0 radical (unpaired) electrons. The van der Waals surface area contributed by atoms with E-state index >= 15 is 0 Å². The van der Waals surface area contributed by atoms with E-state index in [1.54, 1.807) is 24.4 Å². The molecule has 0 saturated heterocycles. The van der Waals surface area contributed by atoms with Crippen molar-refractivity contribution < 1.29 is 4.74 Å². The minimum atomic E-state index is 0.0278. The summed E-state index contributed by atoms with van der Waals surface area (Å²) in [5.74, 6) is 1.15. The van der Waals surface area contributed by atoms with E-state index in [4.69, 9.17) is 4.74 Å². The van der Waals surface area contributed by atoms with E-state index in [0.717, 1.165) is 5.56 Å². The van der Waals surface area contributed by atoms with Gasteiger partial charge in [0, 0.05) is 11.8 Å². The van der Waals surface area contributed by atoms with Gasteiger partial charge in [0.25, 0.3) is 0 Å². The third-order valence-corrected chi connectivity index (χ3v) is 2.78. The summed E-state index contributed by atoms with van der Waals surface area (Å²) in [6.07, 6.45) is 1.69. The molecule has 0 N–H and O–H groups in total. The Morgan fingerprint density at radius 2 is 2.11 bits per heavy atom. The monoisotopic (exact) mass is 317 g/mol. The Kier molecular flexibility index (Phi) is 4.13. The topological polar surface area (TPSA) is 58.8 Å². The molecule has 0 aliphatic heterocycles. The summed E-state index contributed by atoms with van der Waals surface area (Å²) in [6, 6.07) is 9.25. The van der Waals surface area contributed by atoms with Gasteiger partial charge in [-0.05, 0) is 54.0 Å². The molecule has 2 rings (SSSR count). The lowest BCUT2D eigenvalue weighted by Gasteiger charge is -2.11. The number of aromatic nitrogens is 2. The van der Waals surface area contributed by atoms with E-state index in [1.807, 2.05) is 19.9 Å². The molecule has 1 heterocycles.